The summed E-state index contributed by atoms with van der Waals surface area (Å²) in [5, 5.41) is 2.84. The van der Waals surface area contributed by atoms with Crippen LogP contribution in [-0.4, -0.2) is 42.5 Å². The van der Waals surface area contributed by atoms with Gasteiger partial charge in [0, 0.05) is 25.2 Å². The molecule has 0 spiro atoms. The normalized spacial score (nSPS) is 28.2. The van der Waals surface area contributed by atoms with E-state index in [1.807, 2.05) is 0 Å². The van der Waals surface area contributed by atoms with Gasteiger partial charge in [0.15, 0.2) is 0 Å². The molecule has 0 aromatic carbocycles. The van der Waals surface area contributed by atoms with Gasteiger partial charge in [0.2, 0.25) is 5.91 Å². The van der Waals surface area contributed by atoms with E-state index in [9.17, 15) is 4.79 Å². The molecule has 13 heavy (non-hydrogen) atoms. The number of nitrogens with two attached hydrogens (primary N) is 1. The van der Waals surface area contributed by atoms with Gasteiger partial charge < -0.3 is 11.1 Å². The largest absolute Gasteiger partial charge is 0.353 e. The molecular formula is C9H17N3O. The standard InChI is InChI=1S/C9H17N3O/c10-5-9(13)11-6-8-3-4-12(8)7-1-2-7/h7-8H,1-6,10H2,(H,11,13). The predicted octanol–water partition coefficient (Wildman–Crippen LogP) is -0.702. The van der Waals surface area contributed by atoms with Crippen molar-refractivity contribution in [3.05, 3.63) is 0 Å². The molecule has 0 radical (unpaired) electrons. The highest BCUT2D eigenvalue weighted by molar-refractivity contribution is 5.77. The van der Waals surface area contributed by atoms with E-state index in [-0.39, 0.29) is 12.5 Å². The average Bonchev–Trinajstić information content (AvgIpc) is 2.86. The number of amides is 1. The number of likely N-dealkylation sites (tertiary alicyclic amines) is 1. The van der Waals surface area contributed by atoms with Crippen LogP contribution in [0, 0.1) is 0 Å². The number of rotatable bonds is 4. The quantitative estimate of drug-likeness (QED) is 0.606. The second kappa shape index (κ2) is 3.64. The van der Waals surface area contributed by atoms with Crippen molar-refractivity contribution in [3.8, 4) is 0 Å². The van der Waals surface area contributed by atoms with Crippen LogP contribution >= 0.6 is 0 Å². The molecule has 0 aromatic rings. The molecule has 1 amide bonds. The minimum absolute atomic E-state index is 0.0392. The van der Waals surface area contributed by atoms with Crippen molar-refractivity contribution in [1.82, 2.24) is 10.2 Å². The molecule has 1 atom stereocenters. The van der Waals surface area contributed by atoms with Crippen LogP contribution < -0.4 is 11.1 Å². The average molecular weight is 183 g/mol. The number of nitrogens with zero attached hydrogens (tertiary/aromatic N) is 1. The van der Waals surface area contributed by atoms with Crippen LogP contribution in [0.2, 0.25) is 0 Å². The van der Waals surface area contributed by atoms with E-state index in [2.05, 4.69) is 10.2 Å². The van der Waals surface area contributed by atoms with Crippen LogP contribution in [0.4, 0.5) is 0 Å². The van der Waals surface area contributed by atoms with Gasteiger partial charge in [-0.25, -0.2) is 0 Å². The van der Waals surface area contributed by atoms with Gasteiger partial charge in [-0.1, -0.05) is 0 Å². The maximum absolute atomic E-state index is 10.9. The zero-order valence-electron chi connectivity index (χ0n) is 7.83. The summed E-state index contributed by atoms with van der Waals surface area (Å²) >= 11 is 0. The van der Waals surface area contributed by atoms with Gasteiger partial charge in [-0.2, -0.15) is 0 Å². The van der Waals surface area contributed by atoms with Crippen LogP contribution in [0.1, 0.15) is 19.3 Å². The van der Waals surface area contributed by atoms with Crippen molar-refractivity contribution in [2.45, 2.75) is 31.3 Å². The Morgan fingerprint density at radius 2 is 2.23 bits per heavy atom. The zero-order chi connectivity index (χ0) is 9.26. The number of carbonyl (C=O) groups excluding carboxylic acids is 1. The molecule has 1 saturated carbocycles. The first kappa shape index (κ1) is 8.97. The first-order valence-corrected chi connectivity index (χ1v) is 5.04. The van der Waals surface area contributed by atoms with E-state index in [0.717, 1.165) is 12.6 Å². The number of carbonyl (C=O) groups is 1. The summed E-state index contributed by atoms with van der Waals surface area (Å²) in [6.07, 6.45) is 3.92. The molecular weight excluding hydrogens is 166 g/mol. The Morgan fingerprint density at radius 3 is 2.69 bits per heavy atom. The highest BCUT2D eigenvalue weighted by atomic mass is 16.1. The molecule has 0 aromatic heterocycles. The summed E-state index contributed by atoms with van der Waals surface area (Å²) in [5.41, 5.74) is 5.20. The first-order valence-electron chi connectivity index (χ1n) is 5.04. The molecule has 1 unspecified atom stereocenters. The van der Waals surface area contributed by atoms with Gasteiger partial charge in [-0.15, -0.1) is 0 Å². The van der Waals surface area contributed by atoms with Crippen LogP contribution in [-0.2, 0) is 4.79 Å². The topological polar surface area (TPSA) is 58.4 Å². The predicted molar refractivity (Wildman–Crippen MR) is 50.2 cm³/mol. The minimum atomic E-state index is -0.0392. The van der Waals surface area contributed by atoms with Crippen LogP contribution in [0.3, 0.4) is 0 Å². The second-order valence-electron chi connectivity index (χ2n) is 3.92. The highest BCUT2D eigenvalue weighted by Gasteiger charge is 2.39. The monoisotopic (exact) mass is 183 g/mol. The molecule has 3 N–H and O–H groups in total. The molecule has 2 rings (SSSR count). The van der Waals surface area contributed by atoms with E-state index in [1.165, 1.54) is 25.8 Å². The summed E-state index contributed by atoms with van der Waals surface area (Å²) < 4.78 is 0. The molecule has 1 aliphatic carbocycles. The third-order valence-electron chi connectivity index (χ3n) is 2.93. The highest BCUT2D eigenvalue weighted by Crippen LogP contribution is 2.33. The third-order valence-corrected chi connectivity index (χ3v) is 2.93. The van der Waals surface area contributed by atoms with Crippen molar-refractivity contribution in [2.75, 3.05) is 19.6 Å². The molecule has 2 fully saturated rings. The van der Waals surface area contributed by atoms with Crippen LogP contribution in [0.5, 0.6) is 0 Å². The third kappa shape index (κ3) is 2.00. The Bertz CT molecular complexity index is 203. The Kier molecular flexibility index (Phi) is 2.51. The van der Waals surface area contributed by atoms with Crippen molar-refractivity contribution in [2.24, 2.45) is 5.73 Å². The van der Waals surface area contributed by atoms with Crippen molar-refractivity contribution < 1.29 is 4.79 Å². The zero-order valence-corrected chi connectivity index (χ0v) is 7.83. The Balaban J connectivity index is 1.67. The fourth-order valence-electron chi connectivity index (χ4n) is 1.87. The molecule has 1 heterocycles. The number of hydrogen-bond donors (Lipinski definition) is 2. The van der Waals surface area contributed by atoms with Gasteiger partial charge in [-0.05, 0) is 19.3 Å². The Morgan fingerprint density at radius 1 is 1.46 bits per heavy atom. The lowest BCUT2D eigenvalue weighted by molar-refractivity contribution is -0.120. The summed E-state index contributed by atoms with van der Waals surface area (Å²) in [6, 6.07) is 1.41. The fourth-order valence-corrected chi connectivity index (χ4v) is 1.87. The van der Waals surface area contributed by atoms with E-state index >= 15 is 0 Å². The summed E-state index contributed by atoms with van der Waals surface area (Å²) in [6.45, 7) is 2.11. The molecule has 1 aliphatic heterocycles. The van der Waals surface area contributed by atoms with E-state index in [4.69, 9.17) is 5.73 Å². The SMILES string of the molecule is NCC(=O)NCC1CCN1C1CC1. The van der Waals surface area contributed by atoms with Gasteiger partial charge in [-0.3, -0.25) is 9.69 Å². The van der Waals surface area contributed by atoms with Gasteiger partial charge in [0.1, 0.15) is 0 Å². The molecule has 1 saturated heterocycles. The Hall–Kier alpha value is -0.610. The van der Waals surface area contributed by atoms with Gasteiger partial charge in [0.25, 0.3) is 0 Å². The lowest BCUT2D eigenvalue weighted by Crippen LogP contribution is -2.54. The molecule has 74 valence electrons. The molecule has 2 aliphatic rings. The lowest BCUT2D eigenvalue weighted by Gasteiger charge is -2.41. The summed E-state index contributed by atoms with van der Waals surface area (Å²) in [5.74, 6) is -0.0392. The number of hydrogen-bond acceptors (Lipinski definition) is 3. The second-order valence-corrected chi connectivity index (χ2v) is 3.92. The lowest BCUT2D eigenvalue weighted by atomic mass is 10.0. The van der Waals surface area contributed by atoms with Crippen molar-refractivity contribution >= 4 is 5.91 Å². The van der Waals surface area contributed by atoms with E-state index in [1.54, 1.807) is 0 Å². The fraction of sp³-hybridized carbons (Fsp3) is 0.889. The van der Waals surface area contributed by atoms with E-state index < -0.39 is 0 Å². The molecule has 4 nitrogen and oxygen atoms in total. The van der Waals surface area contributed by atoms with Gasteiger partial charge in [0.05, 0.1) is 6.54 Å². The van der Waals surface area contributed by atoms with Crippen LogP contribution in [0.25, 0.3) is 0 Å². The van der Waals surface area contributed by atoms with E-state index in [0.29, 0.717) is 6.04 Å². The number of nitrogens with one attached hydrogen (secondary N) is 1. The maximum atomic E-state index is 10.9. The van der Waals surface area contributed by atoms with Gasteiger partial charge >= 0.3 is 0 Å². The first-order chi connectivity index (χ1) is 6.31. The maximum Gasteiger partial charge on any atom is 0.233 e. The minimum Gasteiger partial charge on any atom is -0.353 e. The Labute approximate surface area is 78.5 Å². The molecule has 4 heteroatoms. The van der Waals surface area contributed by atoms with Crippen molar-refractivity contribution in [3.63, 3.8) is 0 Å². The van der Waals surface area contributed by atoms with Crippen molar-refractivity contribution in [1.29, 1.82) is 0 Å². The summed E-state index contributed by atoms with van der Waals surface area (Å²) in [7, 11) is 0. The molecule has 0 bridgehead atoms. The van der Waals surface area contributed by atoms with Crippen LogP contribution in [0.15, 0.2) is 0 Å². The smallest absolute Gasteiger partial charge is 0.233 e. The summed E-state index contributed by atoms with van der Waals surface area (Å²) in [4.78, 5) is 13.4.